The summed E-state index contributed by atoms with van der Waals surface area (Å²) in [5.74, 6) is 0.593. The first kappa shape index (κ1) is 14.9. The summed E-state index contributed by atoms with van der Waals surface area (Å²) in [6.45, 7) is 5.92. The summed E-state index contributed by atoms with van der Waals surface area (Å²) in [5.41, 5.74) is 0. The van der Waals surface area contributed by atoms with Crippen LogP contribution in [0.3, 0.4) is 0 Å². The molecule has 2 nitrogen and oxygen atoms in total. The van der Waals surface area contributed by atoms with Crippen LogP contribution in [0.1, 0.15) is 27.2 Å². The van der Waals surface area contributed by atoms with Crippen LogP contribution in [0.15, 0.2) is 0 Å². The second kappa shape index (κ2) is 8.05. The normalized spacial score (nSPS) is 12.5. The van der Waals surface area contributed by atoms with E-state index in [4.69, 9.17) is 0 Å². The molecule has 0 saturated carbocycles. The van der Waals surface area contributed by atoms with Gasteiger partial charge in [-0.3, -0.25) is 0 Å². The third kappa shape index (κ3) is 5.64. The number of hydrogen-bond acceptors (Lipinski definition) is 1. The average Bonchev–Trinajstić information content (AvgIpc) is 1.88. The Balaban J connectivity index is 0. The quantitative estimate of drug-likeness (QED) is 0.606. The van der Waals surface area contributed by atoms with Crippen LogP contribution in [0.2, 0.25) is 0 Å². The Labute approximate surface area is 118 Å². The topological polar surface area (TPSA) is 31.2 Å². The minimum atomic E-state index is -0.0787. The first-order valence-electron chi connectivity index (χ1n) is 3.75. The maximum absolute atomic E-state index is 11.1. The molecule has 0 rings (SSSR count). The molecule has 1 atom stereocenters. The molecule has 3 heteroatoms. The molecular weight excluding hydrogens is 212 g/mol. The summed E-state index contributed by atoms with van der Waals surface area (Å²) in [4.78, 5) is 11.1. The van der Waals surface area contributed by atoms with E-state index >= 15 is 0 Å². The number of nitrogens with zero attached hydrogens (tertiary/aromatic N) is 1. The predicted octanol–water partition coefficient (Wildman–Crippen LogP) is -1.00. The van der Waals surface area contributed by atoms with Crippen LogP contribution < -0.4 is 58.2 Å². The molecule has 0 N–H and O–H groups in total. The fourth-order valence-corrected chi connectivity index (χ4v) is 1.02. The summed E-state index contributed by atoms with van der Waals surface area (Å²) in [5, 5.41) is 4.01. The molecule has 0 heterocycles. The molecule has 0 aromatic heterocycles. The van der Waals surface area contributed by atoms with Gasteiger partial charge < -0.3 is 10.1 Å². The molecule has 0 aliphatic carbocycles. The van der Waals surface area contributed by atoms with Crippen molar-refractivity contribution in [2.45, 2.75) is 33.2 Å². The molecular formula is C8H16NORb. The van der Waals surface area contributed by atoms with Gasteiger partial charge in [0.05, 0.1) is 0 Å². The Kier molecular flexibility index (Phi) is 10.9. The Morgan fingerprint density at radius 2 is 1.91 bits per heavy atom. The van der Waals surface area contributed by atoms with Gasteiger partial charge in [0.1, 0.15) is 5.78 Å². The summed E-state index contributed by atoms with van der Waals surface area (Å²) >= 11 is 0. The zero-order chi connectivity index (χ0) is 8.15. The van der Waals surface area contributed by atoms with Gasteiger partial charge in [-0.2, -0.15) is 7.05 Å². The Morgan fingerprint density at radius 3 is 2.00 bits per heavy atom. The smallest absolute Gasteiger partial charge is 0.656 e. The van der Waals surface area contributed by atoms with Crippen molar-refractivity contribution >= 4 is 5.78 Å². The van der Waals surface area contributed by atoms with Gasteiger partial charge in [0.15, 0.2) is 0 Å². The van der Waals surface area contributed by atoms with Crippen LogP contribution in [0.25, 0.3) is 5.32 Å². The molecule has 0 bridgehead atoms. The van der Waals surface area contributed by atoms with Gasteiger partial charge in [0, 0.05) is 6.42 Å². The number of ketones is 1. The maximum atomic E-state index is 11.1. The number of likely N-dealkylation sites (N-methyl/N-ethyl adjacent to an activating group) is 1. The van der Waals surface area contributed by atoms with Crippen molar-refractivity contribution in [2.75, 3.05) is 7.05 Å². The van der Waals surface area contributed by atoms with E-state index in [2.05, 4.69) is 5.32 Å². The van der Waals surface area contributed by atoms with Crippen molar-refractivity contribution in [1.82, 2.24) is 0 Å². The SMILES string of the molecule is CCC(=O)C([N-]C)C(C)C.[Rb+]. The van der Waals surface area contributed by atoms with E-state index in [0.717, 1.165) is 0 Å². The molecule has 0 amide bonds. The number of carbonyl (C=O) groups is 1. The van der Waals surface area contributed by atoms with Gasteiger partial charge >= 0.3 is 58.2 Å². The Hall–Kier alpha value is 1.44. The minimum Gasteiger partial charge on any atom is -0.656 e. The van der Waals surface area contributed by atoms with Crippen LogP contribution in [-0.4, -0.2) is 18.9 Å². The first-order valence-corrected chi connectivity index (χ1v) is 3.75. The number of carbonyl (C=O) groups excluding carboxylic acids is 1. The maximum Gasteiger partial charge on any atom is 1.00 e. The first-order chi connectivity index (χ1) is 4.63. The van der Waals surface area contributed by atoms with E-state index in [-0.39, 0.29) is 70.0 Å². The third-order valence-electron chi connectivity index (χ3n) is 1.59. The van der Waals surface area contributed by atoms with Crippen LogP contribution in [0.4, 0.5) is 0 Å². The monoisotopic (exact) mass is 227 g/mol. The van der Waals surface area contributed by atoms with Crippen molar-refractivity contribution < 1.29 is 63.0 Å². The number of rotatable bonds is 4. The fourth-order valence-electron chi connectivity index (χ4n) is 1.02. The van der Waals surface area contributed by atoms with Gasteiger partial charge in [-0.1, -0.05) is 32.7 Å². The molecule has 60 valence electrons. The molecule has 0 aliphatic rings. The van der Waals surface area contributed by atoms with E-state index in [1.54, 1.807) is 7.05 Å². The van der Waals surface area contributed by atoms with E-state index < -0.39 is 0 Å². The number of Topliss-reactive ketones (excluding diaryl/α,β-unsaturated/α-hetero) is 1. The molecule has 0 aromatic rings. The minimum absolute atomic E-state index is 0. The van der Waals surface area contributed by atoms with Gasteiger partial charge in [-0.05, 0) is 0 Å². The molecule has 0 fully saturated rings. The molecule has 0 aliphatic heterocycles. The van der Waals surface area contributed by atoms with Crippen molar-refractivity contribution in [3.63, 3.8) is 0 Å². The van der Waals surface area contributed by atoms with E-state index in [1.807, 2.05) is 20.8 Å². The van der Waals surface area contributed by atoms with Gasteiger partial charge in [-0.15, -0.1) is 0 Å². The predicted molar refractivity (Wildman–Crippen MR) is 43.2 cm³/mol. The van der Waals surface area contributed by atoms with Crippen molar-refractivity contribution in [3.05, 3.63) is 5.32 Å². The van der Waals surface area contributed by atoms with Crippen LogP contribution in [0, 0.1) is 5.92 Å². The van der Waals surface area contributed by atoms with Crippen molar-refractivity contribution in [1.29, 1.82) is 0 Å². The summed E-state index contributed by atoms with van der Waals surface area (Å²) in [7, 11) is 1.71. The second-order valence-electron chi connectivity index (χ2n) is 2.77. The van der Waals surface area contributed by atoms with Gasteiger partial charge in [0.2, 0.25) is 0 Å². The Morgan fingerprint density at radius 1 is 1.45 bits per heavy atom. The Bertz CT molecular complexity index is 115. The zero-order valence-electron chi connectivity index (χ0n) is 8.22. The van der Waals surface area contributed by atoms with E-state index in [0.29, 0.717) is 12.3 Å². The van der Waals surface area contributed by atoms with Gasteiger partial charge in [0.25, 0.3) is 0 Å². The molecule has 1 unspecified atom stereocenters. The summed E-state index contributed by atoms with van der Waals surface area (Å²) < 4.78 is 0. The average molecular weight is 228 g/mol. The van der Waals surface area contributed by atoms with Crippen LogP contribution >= 0.6 is 0 Å². The fraction of sp³-hybridized carbons (Fsp3) is 0.875. The standard InChI is InChI=1S/C8H16NO.Rb/c1-5-7(10)8(9-4)6(2)3;/h6,8H,5H2,1-4H3;/q-1;+1. The molecule has 11 heavy (non-hydrogen) atoms. The second-order valence-corrected chi connectivity index (χ2v) is 2.77. The summed E-state index contributed by atoms with van der Waals surface area (Å²) in [6, 6.07) is -0.0787. The van der Waals surface area contributed by atoms with Gasteiger partial charge in [-0.25, -0.2) is 0 Å². The largest absolute Gasteiger partial charge is 1.00 e. The zero-order valence-corrected chi connectivity index (χ0v) is 13.1. The number of hydrogen-bond donors (Lipinski definition) is 0. The molecule has 0 radical (unpaired) electrons. The van der Waals surface area contributed by atoms with Crippen molar-refractivity contribution in [2.24, 2.45) is 5.92 Å². The third-order valence-corrected chi connectivity index (χ3v) is 1.59. The van der Waals surface area contributed by atoms with Crippen molar-refractivity contribution in [3.8, 4) is 0 Å². The van der Waals surface area contributed by atoms with Crippen LogP contribution in [0.5, 0.6) is 0 Å². The van der Waals surface area contributed by atoms with E-state index in [9.17, 15) is 4.79 Å². The van der Waals surface area contributed by atoms with Crippen LogP contribution in [-0.2, 0) is 4.79 Å². The molecule has 0 spiro atoms. The van der Waals surface area contributed by atoms with E-state index in [1.165, 1.54) is 0 Å². The summed E-state index contributed by atoms with van der Waals surface area (Å²) in [6.07, 6.45) is 0.597. The molecule has 0 saturated heterocycles. The molecule has 0 aromatic carbocycles.